The van der Waals surface area contributed by atoms with Crippen molar-refractivity contribution in [2.24, 2.45) is 5.10 Å². The minimum absolute atomic E-state index is 0.0301. The predicted octanol–water partition coefficient (Wildman–Crippen LogP) is 4.49. The van der Waals surface area contributed by atoms with Crippen LogP contribution in [0.25, 0.3) is 0 Å². The van der Waals surface area contributed by atoms with Crippen molar-refractivity contribution in [1.29, 1.82) is 5.26 Å². The van der Waals surface area contributed by atoms with E-state index in [-0.39, 0.29) is 5.69 Å². The summed E-state index contributed by atoms with van der Waals surface area (Å²) in [6, 6.07) is 22.8. The van der Waals surface area contributed by atoms with E-state index in [1.54, 1.807) is 24.4 Å². The highest BCUT2D eigenvalue weighted by atomic mass is 16.6. The zero-order valence-corrected chi connectivity index (χ0v) is 14.8. The van der Waals surface area contributed by atoms with Gasteiger partial charge in [-0.1, -0.05) is 18.2 Å². The van der Waals surface area contributed by atoms with E-state index in [1.807, 2.05) is 42.5 Å². The number of nitriles is 1. The normalized spacial score (nSPS) is 10.4. The Morgan fingerprint density at radius 2 is 1.79 bits per heavy atom. The minimum atomic E-state index is -0.449. The van der Waals surface area contributed by atoms with Crippen LogP contribution in [0, 0.1) is 21.4 Å². The molecule has 3 rings (SSSR count). The summed E-state index contributed by atoms with van der Waals surface area (Å²) in [5.74, 6) is 0.688. The summed E-state index contributed by atoms with van der Waals surface area (Å²) in [6.07, 6.45) is 1.64. The average Bonchev–Trinajstić information content (AvgIpc) is 2.73. The summed E-state index contributed by atoms with van der Waals surface area (Å²) in [6.45, 7) is 0.318. The van der Waals surface area contributed by atoms with E-state index in [9.17, 15) is 10.1 Å². The van der Waals surface area contributed by atoms with Gasteiger partial charge in [0.25, 0.3) is 5.69 Å². The highest BCUT2D eigenvalue weighted by molar-refractivity contribution is 5.80. The van der Waals surface area contributed by atoms with Crippen LogP contribution in [0.3, 0.4) is 0 Å². The fraction of sp³-hybridized carbons (Fsp3) is 0.0476. The largest absolute Gasteiger partial charge is 0.489 e. The Balaban J connectivity index is 1.54. The van der Waals surface area contributed by atoms with E-state index in [1.165, 1.54) is 12.1 Å². The molecule has 0 atom stereocenters. The summed E-state index contributed by atoms with van der Waals surface area (Å²) < 4.78 is 5.73. The number of non-ortho nitro benzene ring substituents is 1. The number of hydrogen-bond acceptors (Lipinski definition) is 6. The van der Waals surface area contributed by atoms with Gasteiger partial charge in [-0.3, -0.25) is 15.5 Å². The van der Waals surface area contributed by atoms with E-state index >= 15 is 0 Å². The molecule has 7 heteroatoms. The molecule has 1 N–H and O–H groups in total. The number of rotatable bonds is 7. The van der Waals surface area contributed by atoms with Crippen LogP contribution in [-0.2, 0) is 6.61 Å². The van der Waals surface area contributed by atoms with Gasteiger partial charge in [-0.15, -0.1) is 0 Å². The second-order valence-corrected chi connectivity index (χ2v) is 5.80. The third-order valence-corrected chi connectivity index (χ3v) is 3.90. The van der Waals surface area contributed by atoms with Gasteiger partial charge in [0.1, 0.15) is 12.4 Å². The summed E-state index contributed by atoms with van der Waals surface area (Å²) in [5, 5.41) is 23.8. The van der Waals surface area contributed by atoms with Gasteiger partial charge < -0.3 is 4.74 Å². The van der Waals surface area contributed by atoms with Crippen LogP contribution >= 0.6 is 0 Å². The molecule has 138 valence electrons. The van der Waals surface area contributed by atoms with Gasteiger partial charge in [0.05, 0.1) is 28.5 Å². The Bertz CT molecular complexity index is 1020. The lowest BCUT2D eigenvalue weighted by molar-refractivity contribution is -0.384. The van der Waals surface area contributed by atoms with Crippen molar-refractivity contribution in [2.75, 3.05) is 5.43 Å². The second-order valence-electron chi connectivity index (χ2n) is 5.80. The molecule has 0 heterocycles. The summed E-state index contributed by atoms with van der Waals surface area (Å²) in [7, 11) is 0. The molecule has 0 amide bonds. The number of nitrogens with zero attached hydrogens (tertiary/aromatic N) is 3. The third kappa shape index (κ3) is 4.93. The molecule has 0 spiro atoms. The number of nitro groups is 1. The Kier molecular flexibility index (Phi) is 5.95. The molecular weight excluding hydrogens is 356 g/mol. The topological polar surface area (TPSA) is 101 Å². The first-order valence-corrected chi connectivity index (χ1v) is 8.40. The SMILES string of the molecule is N#Cc1ccccc1COc1ccc(/C=N\Nc2ccc([N+](=O)[O-])cc2)cc1. The summed E-state index contributed by atoms with van der Waals surface area (Å²) >= 11 is 0. The predicted molar refractivity (Wildman–Crippen MR) is 106 cm³/mol. The van der Waals surface area contributed by atoms with E-state index in [0.717, 1.165) is 11.1 Å². The molecule has 0 radical (unpaired) electrons. The summed E-state index contributed by atoms with van der Waals surface area (Å²) in [5.41, 5.74) is 5.80. The molecule has 0 saturated carbocycles. The van der Waals surface area contributed by atoms with Gasteiger partial charge in [-0.05, 0) is 48.0 Å². The van der Waals surface area contributed by atoms with E-state index < -0.39 is 4.92 Å². The third-order valence-electron chi connectivity index (χ3n) is 3.90. The van der Waals surface area contributed by atoms with Crippen molar-refractivity contribution in [1.82, 2.24) is 0 Å². The molecule has 0 unspecified atom stereocenters. The van der Waals surface area contributed by atoms with Crippen molar-refractivity contribution in [3.8, 4) is 11.8 Å². The first kappa shape index (κ1) is 18.6. The Labute approximate surface area is 161 Å². The molecule has 7 nitrogen and oxygen atoms in total. The van der Waals surface area contributed by atoms with E-state index in [2.05, 4.69) is 16.6 Å². The number of nitro benzene ring substituents is 1. The fourth-order valence-corrected chi connectivity index (χ4v) is 2.41. The number of nitrogens with one attached hydrogen (secondary N) is 1. The number of anilines is 1. The molecular formula is C21H16N4O3. The first-order chi connectivity index (χ1) is 13.7. The Morgan fingerprint density at radius 1 is 1.07 bits per heavy atom. The lowest BCUT2D eigenvalue weighted by Gasteiger charge is -2.07. The van der Waals surface area contributed by atoms with Crippen LogP contribution in [0.1, 0.15) is 16.7 Å². The molecule has 0 aromatic heterocycles. The van der Waals surface area contributed by atoms with Gasteiger partial charge in [0.2, 0.25) is 0 Å². The van der Waals surface area contributed by atoms with E-state index in [4.69, 9.17) is 10.00 Å². The highest BCUT2D eigenvalue weighted by Gasteiger charge is 2.03. The molecule has 0 aliphatic rings. The Hall–Kier alpha value is -4.18. The van der Waals surface area contributed by atoms with Crippen molar-refractivity contribution >= 4 is 17.6 Å². The smallest absolute Gasteiger partial charge is 0.269 e. The Morgan fingerprint density at radius 3 is 2.46 bits per heavy atom. The van der Waals surface area contributed by atoms with Gasteiger partial charge >= 0.3 is 0 Å². The zero-order chi connectivity index (χ0) is 19.8. The maximum atomic E-state index is 10.6. The molecule has 0 saturated heterocycles. The minimum Gasteiger partial charge on any atom is -0.489 e. The van der Waals surface area contributed by atoms with Crippen molar-refractivity contribution in [3.05, 3.63) is 99.6 Å². The van der Waals surface area contributed by atoms with Crippen LogP contribution in [-0.4, -0.2) is 11.1 Å². The first-order valence-electron chi connectivity index (χ1n) is 8.40. The molecule has 0 aliphatic heterocycles. The monoisotopic (exact) mass is 372 g/mol. The fourth-order valence-electron chi connectivity index (χ4n) is 2.41. The number of ether oxygens (including phenoxy) is 1. The van der Waals surface area contributed by atoms with Crippen LogP contribution in [0.5, 0.6) is 5.75 Å². The number of benzene rings is 3. The molecule has 3 aromatic carbocycles. The van der Waals surface area contributed by atoms with Crippen LogP contribution in [0.4, 0.5) is 11.4 Å². The lowest BCUT2D eigenvalue weighted by atomic mass is 10.1. The van der Waals surface area contributed by atoms with Crippen LogP contribution in [0.2, 0.25) is 0 Å². The lowest BCUT2D eigenvalue weighted by Crippen LogP contribution is -1.98. The maximum Gasteiger partial charge on any atom is 0.269 e. The second kappa shape index (κ2) is 8.96. The maximum absolute atomic E-state index is 10.6. The quantitative estimate of drug-likeness (QED) is 0.374. The van der Waals surface area contributed by atoms with Gasteiger partial charge in [-0.2, -0.15) is 10.4 Å². The van der Waals surface area contributed by atoms with Crippen molar-refractivity contribution in [2.45, 2.75) is 6.61 Å². The van der Waals surface area contributed by atoms with Crippen molar-refractivity contribution < 1.29 is 9.66 Å². The van der Waals surface area contributed by atoms with E-state index in [0.29, 0.717) is 23.6 Å². The zero-order valence-electron chi connectivity index (χ0n) is 14.8. The number of hydrazone groups is 1. The van der Waals surface area contributed by atoms with Crippen LogP contribution in [0.15, 0.2) is 77.9 Å². The molecule has 0 aliphatic carbocycles. The highest BCUT2D eigenvalue weighted by Crippen LogP contribution is 2.17. The molecule has 0 fully saturated rings. The molecule has 0 bridgehead atoms. The van der Waals surface area contributed by atoms with Crippen LogP contribution < -0.4 is 10.2 Å². The van der Waals surface area contributed by atoms with Gasteiger partial charge in [-0.25, -0.2) is 0 Å². The summed E-state index contributed by atoms with van der Waals surface area (Å²) in [4.78, 5) is 10.2. The average molecular weight is 372 g/mol. The number of hydrogen-bond donors (Lipinski definition) is 1. The van der Waals surface area contributed by atoms with Gasteiger partial charge in [0, 0.05) is 17.7 Å². The van der Waals surface area contributed by atoms with Crippen molar-refractivity contribution in [3.63, 3.8) is 0 Å². The van der Waals surface area contributed by atoms with Gasteiger partial charge in [0.15, 0.2) is 0 Å². The molecule has 3 aromatic rings. The molecule has 28 heavy (non-hydrogen) atoms. The standard InChI is InChI=1S/C21H16N4O3/c22-13-17-3-1-2-4-18(17)15-28-21-11-5-16(6-12-21)14-23-24-19-7-9-20(10-8-19)25(26)27/h1-12,14,24H,15H2/b23-14-.